The van der Waals surface area contributed by atoms with Crippen LogP contribution in [0.3, 0.4) is 0 Å². The van der Waals surface area contributed by atoms with Crippen molar-refractivity contribution in [2.45, 2.75) is 42.4 Å². The van der Waals surface area contributed by atoms with Crippen molar-refractivity contribution in [2.24, 2.45) is 0 Å². The molecule has 2 amide bonds. The Morgan fingerprint density at radius 1 is 0.773 bits per heavy atom. The summed E-state index contributed by atoms with van der Waals surface area (Å²) in [6.07, 6.45) is -22.7. The smallest absolute Gasteiger partial charge is 0.428 e. The lowest BCUT2D eigenvalue weighted by Crippen LogP contribution is -2.64. The van der Waals surface area contributed by atoms with Crippen molar-refractivity contribution in [3.05, 3.63) is 101 Å². The molecule has 17 heteroatoms. The van der Waals surface area contributed by atoms with E-state index in [0.29, 0.717) is 12.1 Å². The molecule has 240 valence electrons. The molecule has 0 bridgehead atoms. The van der Waals surface area contributed by atoms with Gasteiger partial charge in [-0.15, -0.1) is 0 Å². The predicted octanol–water partition coefficient (Wildman–Crippen LogP) is 6.84. The molecule has 0 radical (unpaired) electrons. The minimum atomic E-state index is -6.32. The molecule has 0 heterocycles. The van der Waals surface area contributed by atoms with Crippen LogP contribution in [0.15, 0.2) is 72.8 Å². The first-order valence-corrected chi connectivity index (χ1v) is 12.1. The van der Waals surface area contributed by atoms with Gasteiger partial charge in [-0.05, 0) is 41.0 Å². The van der Waals surface area contributed by atoms with Crippen LogP contribution in [0.25, 0.3) is 0 Å². The van der Waals surface area contributed by atoms with Crippen LogP contribution in [-0.4, -0.2) is 48.2 Å². The molecular weight excluding hydrogens is 628 g/mol. The number of carbonyl (C=O) groups is 1. The molecule has 0 aromatic heterocycles. The number of rotatable bonds is 10. The molecule has 0 saturated carbocycles. The quantitative estimate of drug-likeness (QED) is 0.211. The molecule has 3 rings (SSSR count). The summed E-state index contributed by atoms with van der Waals surface area (Å²) in [6.45, 7) is -2.46. The minimum absolute atomic E-state index is 0.225. The van der Waals surface area contributed by atoms with Gasteiger partial charge in [-0.2, -0.15) is 43.9 Å². The Bertz CT molecular complexity index is 1420. The fraction of sp³-hybridized carbons (Fsp3) is 0.296. The lowest BCUT2D eigenvalue weighted by atomic mass is 9.77. The number of nitrogens with one attached hydrogen (secondary N) is 2. The van der Waals surface area contributed by atoms with Crippen LogP contribution >= 0.6 is 0 Å². The number of hydrogen-bond acceptors (Lipinski definition) is 3. The molecule has 3 aromatic carbocycles. The third kappa shape index (κ3) is 7.49. The Balaban J connectivity index is 2.20. The topological polar surface area (TPSA) is 70.6 Å². The van der Waals surface area contributed by atoms with E-state index in [1.54, 1.807) is 0 Å². The van der Waals surface area contributed by atoms with Gasteiger partial charge in [0.2, 0.25) is 0 Å². The average molecular weight is 648 g/mol. The Morgan fingerprint density at radius 2 is 1.34 bits per heavy atom. The molecule has 44 heavy (non-hydrogen) atoms. The zero-order chi connectivity index (χ0) is 33.1. The van der Waals surface area contributed by atoms with Gasteiger partial charge in [-0.1, -0.05) is 42.5 Å². The maximum Gasteiger partial charge on any atom is 0.461 e. The summed E-state index contributed by atoms with van der Waals surface area (Å²) in [5.74, 6) is -3.49. The van der Waals surface area contributed by atoms with E-state index >= 15 is 0 Å². The van der Waals surface area contributed by atoms with Crippen LogP contribution in [0.4, 0.5) is 57.5 Å². The molecule has 0 aliphatic heterocycles. The van der Waals surface area contributed by atoms with Gasteiger partial charge < -0.3 is 20.5 Å². The van der Waals surface area contributed by atoms with E-state index in [2.05, 4.69) is 10.1 Å². The van der Waals surface area contributed by atoms with E-state index in [1.165, 1.54) is 35.6 Å². The van der Waals surface area contributed by atoms with Gasteiger partial charge in [-0.25, -0.2) is 13.6 Å². The summed E-state index contributed by atoms with van der Waals surface area (Å²) in [7, 11) is 0. The third-order valence-electron chi connectivity index (χ3n) is 6.29. The zero-order valence-electron chi connectivity index (χ0n) is 21.7. The number of aliphatic hydroxyl groups is 1. The van der Waals surface area contributed by atoms with E-state index in [4.69, 9.17) is 0 Å². The molecule has 0 spiro atoms. The summed E-state index contributed by atoms with van der Waals surface area (Å²) in [6, 6.07) is 10.4. The number of benzene rings is 3. The molecule has 0 saturated heterocycles. The lowest BCUT2D eigenvalue weighted by Gasteiger charge is -2.38. The second kappa shape index (κ2) is 12.5. The van der Waals surface area contributed by atoms with Gasteiger partial charge in [0.1, 0.15) is 17.4 Å². The largest absolute Gasteiger partial charge is 0.461 e. The number of amides is 2. The fourth-order valence-corrected chi connectivity index (χ4v) is 4.07. The number of hydrogen-bond donors (Lipinski definition) is 3. The van der Waals surface area contributed by atoms with Gasteiger partial charge in [0.25, 0.3) is 5.60 Å². The first kappa shape index (κ1) is 34.3. The van der Waals surface area contributed by atoms with Crippen LogP contribution in [0.2, 0.25) is 0 Å². The maximum atomic E-state index is 14.8. The van der Waals surface area contributed by atoms with Crippen LogP contribution in [0, 0.1) is 11.6 Å². The summed E-state index contributed by atoms with van der Waals surface area (Å²) in [5, 5.41) is 12.7. The van der Waals surface area contributed by atoms with Crippen molar-refractivity contribution in [3.63, 3.8) is 0 Å². The number of ether oxygens (including phenoxy) is 1. The van der Waals surface area contributed by atoms with Crippen LogP contribution in [0.5, 0.6) is 5.75 Å². The minimum Gasteiger partial charge on any atom is -0.428 e. The SMILES string of the molecule is O=C(NCC(O)(C(F)(F)F)C(F)(F)F)NC(Cc1ccccc1)(c1ccc(F)cc1)c1cc(F)cc(OC(F)(F)C(F)F)c1. The molecule has 1 atom stereocenters. The molecule has 0 aliphatic rings. The second-order valence-electron chi connectivity index (χ2n) is 9.38. The van der Waals surface area contributed by atoms with E-state index in [-0.39, 0.29) is 17.2 Å². The van der Waals surface area contributed by atoms with Crippen molar-refractivity contribution in [3.8, 4) is 5.75 Å². The van der Waals surface area contributed by atoms with E-state index in [1.807, 2.05) is 0 Å². The summed E-state index contributed by atoms with van der Waals surface area (Å²) < 4.78 is 165. The van der Waals surface area contributed by atoms with Crippen molar-refractivity contribution in [2.75, 3.05) is 6.54 Å². The van der Waals surface area contributed by atoms with Crippen LogP contribution in [0.1, 0.15) is 16.7 Å². The van der Waals surface area contributed by atoms with Crippen molar-refractivity contribution < 1.29 is 67.3 Å². The Kier molecular flexibility index (Phi) is 9.72. The normalized spacial score (nSPS) is 14.2. The van der Waals surface area contributed by atoms with Crippen molar-refractivity contribution >= 4 is 6.03 Å². The van der Waals surface area contributed by atoms with Crippen LogP contribution < -0.4 is 15.4 Å². The first-order valence-electron chi connectivity index (χ1n) is 12.1. The molecule has 0 aliphatic carbocycles. The Labute approximate surface area is 240 Å². The molecule has 1 unspecified atom stereocenters. The number of halogens is 12. The third-order valence-corrected chi connectivity index (χ3v) is 6.29. The van der Waals surface area contributed by atoms with Gasteiger partial charge in [0.05, 0.1) is 12.1 Å². The number of alkyl halides is 10. The maximum absolute atomic E-state index is 14.8. The zero-order valence-corrected chi connectivity index (χ0v) is 21.7. The van der Waals surface area contributed by atoms with Gasteiger partial charge in [0.15, 0.2) is 0 Å². The second-order valence-corrected chi connectivity index (χ2v) is 9.38. The number of carbonyl (C=O) groups excluding carboxylic acids is 1. The van der Waals surface area contributed by atoms with Crippen molar-refractivity contribution in [1.29, 1.82) is 0 Å². The number of urea groups is 1. The van der Waals surface area contributed by atoms with Gasteiger partial charge in [-0.3, -0.25) is 0 Å². The highest BCUT2D eigenvalue weighted by atomic mass is 19.4. The molecule has 3 aromatic rings. The summed E-state index contributed by atoms with van der Waals surface area (Å²) in [5.41, 5.74) is -8.34. The lowest BCUT2D eigenvalue weighted by molar-refractivity contribution is -0.364. The van der Waals surface area contributed by atoms with Crippen molar-refractivity contribution in [1.82, 2.24) is 10.6 Å². The highest BCUT2D eigenvalue weighted by Gasteiger charge is 2.70. The fourth-order valence-electron chi connectivity index (χ4n) is 4.07. The predicted molar refractivity (Wildman–Crippen MR) is 129 cm³/mol. The highest BCUT2D eigenvalue weighted by molar-refractivity contribution is 5.76. The average Bonchev–Trinajstić information content (AvgIpc) is 2.90. The van der Waals surface area contributed by atoms with Gasteiger partial charge in [0, 0.05) is 12.5 Å². The molecular formula is C27H20F12N2O3. The summed E-state index contributed by atoms with van der Waals surface area (Å²) >= 11 is 0. The van der Waals surface area contributed by atoms with E-state index in [9.17, 15) is 62.6 Å². The standard InChI is InChI=1S/C27H20F12N2O3/c28-18-8-6-16(7-9-18)23(13-15-4-2-1-3-5-15,17-10-19(29)12-20(11-17)44-25(32,33)21(30)31)41-22(42)40-14-24(43,26(34,35)36)27(37,38)39/h1-12,21,43H,13-14H2,(H2,40,41,42). The molecule has 0 fully saturated rings. The van der Waals surface area contributed by atoms with Gasteiger partial charge >= 0.3 is 30.9 Å². The Hall–Kier alpha value is -4.15. The Morgan fingerprint density at radius 3 is 1.86 bits per heavy atom. The van der Waals surface area contributed by atoms with E-state index < -0.39 is 78.0 Å². The van der Waals surface area contributed by atoms with Crippen LogP contribution in [-0.2, 0) is 12.0 Å². The molecule has 3 N–H and O–H groups in total. The molecule has 5 nitrogen and oxygen atoms in total. The summed E-state index contributed by atoms with van der Waals surface area (Å²) in [4.78, 5) is 13.0. The first-order chi connectivity index (χ1) is 20.2. The highest BCUT2D eigenvalue weighted by Crippen LogP contribution is 2.43. The monoisotopic (exact) mass is 648 g/mol. The van der Waals surface area contributed by atoms with E-state index in [0.717, 1.165) is 24.3 Å².